The Hall–Kier alpha value is -3.08. The number of aryl methyl sites for hydroxylation is 2. The third-order valence-corrected chi connectivity index (χ3v) is 5.97. The maximum atomic E-state index is 12.8. The normalized spacial score (nSPS) is 15.4. The summed E-state index contributed by atoms with van der Waals surface area (Å²) in [5.74, 6) is -0.0484. The molecule has 2 amide bonds. The lowest BCUT2D eigenvalue weighted by Crippen LogP contribution is -2.25. The van der Waals surface area contributed by atoms with E-state index in [1.54, 1.807) is 11.8 Å². The first-order chi connectivity index (χ1) is 13.6. The van der Waals surface area contributed by atoms with E-state index in [2.05, 4.69) is 10.3 Å². The second-order valence-electron chi connectivity index (χ2n) is 7.77. The van der Waals surface area contributed by atoms with Crippen LogP contribution in [0, 0.1) is 0 Å². The summed E-state index contributed by atoms with van der Waals surface area (Å²) >= 11 is 0. The van der Waals surface area contributed by atoms with Crippen LogP contribution in [0.2, 0.25) is 0 Å². The SMILES string of the molecule is CC(=O)N1CCc2cc(NC(=O)c3ccc4[nH]c5c(c4c3)CCCC5)ccc21. The number of H-pyrrole nitrogens is 1. The van der Waals surface area contributed by atoms with Gasteiger partial charge in [-0.25, -0.2) is 0 Å². The number of fused-ring (bicyclic) bond motifs is 4. The topological polar surface area (TPSA) is 65.2 Å². The van der Waals surface area contributed by atoms with Crippen LogP contribution in [0.25, 0.3) is 10.9 Å². The van der Waals surface area contributed by atoms with Crippen molar-refractivity contribution in [2.24, 2.45) is 0 Å². The predicted octanol–water partition coefficient (Wildman–Crippen LogP) is 4.21. The molecule has 1 aliphatic carbocycles. The number of amides is 2. The molecule has 142 valence electrons. The van der Waals surface area contributed by atoms with Crippen LogP contribution >= 0.6 is 0 Å². The number of aromatic amines is 1. The van der Waals surface area contributed by atoms with Crippen molar-refractivity contribution >= 4 is 34.1 Å². The van der Waals surface area contributed by atoms with Gasteiger partial charge in [0, 0.05) is 47.0 Å². The molecule has 5 nitrogen and oxygen atoms in total. The molecule has 0 radical (unpaired) electrons. The zero-order valence-corrected chi connectivity index (χ0v) is 16.0. The van der Waals surface area contributed by atoms with Crippen molar-refractivity contribution in [1.82, 2.24) is 4.98 Å². The van der Waals surface area contributed by atoms with Gasteiger partial charge in [-0.15, -0.1) is 0 Å². The van der Waals surface area contributed by atoms with Crippen molar-refractivity contribution in [3.05, 3.63) is 58.8 Å². The highest BCUT2D eigenvalue weighted by molar-refractivity contribution is 6.07. The summed E-state index contributed by atoms with van der Waals surface area (Å²) in [6.45, 7) is 2.29. The Balaban J connectivity index is 1.41. The third-order valence-electron chi connectivity index (χ3n) is 5.97. The maximum absolute atomic E-state index is 12.8. The van der Waals surface area contributed by atoms with Gasteiger partial charge in [-0.2, -0.15) is 0 Å². The number of carbonyl (C=O) groups excluding carboxylic acids is 2. The molecule has 28 heavy (non-hydrogen) atoms. The van der Waals surface area contributed by atoms with E-state index in [4.69, 9.17) is 0 Å². The Morgan fingerprint density at radius 1 is 1.04 bits per heavy atom. The van der Waals surface area contributed by atoms with Crippen LogP contribution in [-0.2, 0) is 24.1 Å². The van der Waals surface area contributed by atoms with Crippen LogP contribution < -0.4 is 10.2 Å². The van der Waals surface area contributed by atoms with E-state index < -0.39 is 0 Å². The molecule has 2 aliphatic rings. The molecule has 3 aromatic rings. The van der Waals surface area contributed by atoms with Gasteiger partial charge < -0.3 is 15.2 Å². The van der Waals surface area contributed by atoms with Gasteiger partial charge in [0.2, 0.25) is 5.91 Å². The zero-order valence-electron chi connectivity index (χ0n) is 16.0. The molecule has 2 heterocycles. The molecule has 0 bridgehead atoms. The predicted molar refractivity (Wildman–Crippen MR) is 111 cm³/mol. The molecule has 2 aromatic carbocycles. The van der Waals surface area contributed by atoms with Gasteiger partial charge in [-0.1, -0.05) is 0 Å². The van der Waals surface area contributed by atoms with Gasteiger partial charge in [0.05, 0.1) is 0 Å². The lowest BCUT2D eigenvalue weighted by atomic mass is 9.95. The molecule has 0 saturated carbocycles. The monoisotopic (exact) mass is 373 g/mol. The summed E-state index contributed by atoms with van der Waals surface area (Å²) in [5, 5.41) is 4.19. The number of anilines is 2. The van der Waals surface area contributed by atoms with E-state index in [1.807, 2.05) is 36.4 Å². The van der Waals surface area contributed by atoms with Crippen molar-refractivity contribution < 1.29 is 9.59 Å². The van der Waals surface area contributed by atoms with Gasteiger partial charge in [-0.3, -0.25) is 9.59 Å². The van der Waals surface area contributed by atoms with Gasteiger partial charge in [0.1, 0.15) is 0 Å². The molecular formula is C23H23N3O2. The number of nitrogens with zero attached hydrogens (tertiary/aromatic N) is 1. The minimum atomic E-state index is -0.103. The van der Waals surface area contributed by atoms with Crippen LogP contribution in [-0.4, -0.2) is 23.3 Å². The van der Waals surface area contributed by atoms with E-state index in [0.29, 0.717) is 12.1 Å². The Bertz CT molecular complexity index is 1110. The van der Waals surface area contributed by atoms with E-state index >= 15 is 0 Å². The Morgan fingerprint density at radius 2 is 1.89 bits per heavy atom. The maximum Gasteiger partial charge on any atom is 0.255 e. The molecule has 0 unspecified atom stereocenters. The summed E-state index contributed by atoms with van der Waals surface area (Å²) in [6.07, 6.45) is 5.44. The molecule has 0 atom stereocenters. The fourth-order valence-electron chi connectivity index (χ4n) is 4.56. The number of nitrogens with one attached hydrogen (secondary N) is 2. The average molecular weight is 373 g/mol. The van der Waals surface area contributed by atoms with Crippen molar-refractivity contribution in [3.63, 3.8) is 0 Å². The van der Waals surface area contributed by atoms with E-state index in [1.165, 1.54) is 29.5 Å². The highest BCUT2D eigenvalue weighted by Gasteiger charge is 2.22. The highest BCUT2D eigenvalue weighted by Crippen LogP contribution is 2.32. The number of aromatic nitrogens is 1. The molecule has 0 spiro atoms. The fourth-order valence-corrected chi connectivity index (χ4v) is 4.56. The smallest absolute Gasteiger partial charge is 0.255 e. The lowest BCUT2D eigenvalue weighted by Gasteiger charge is -2.15. The van der Waals surface area contributed by atoms with Gasteiger partial charge >= 0.3 is 0 Å². The Morgan fingerprint density at radius 3 is 2.75 bits per heavy atom. The number of rotatable bonds is 2. The summed E-state index contributed by atoms with van der Waals surface area (Å²) < 4.78 is 0. The van der Waals surface area contributed by atoms with Gasteiger partial charge in [0.25, 0.3) is 5.91 Å². The van der Waals surface area contributed by atoms with Crippen molar-refractivity contribution in [2.45, 2.75) is 39.0 Å². The summed E-state index contributed by atoms with van der Waals surface area (Å²) in [5.41, 5.74) is 7.31. The van der Waals surface area contributed by atoms with Crippen LogP contribution in [0.4, 0.5) is 11.4 Å². The molecule has 0 saturated heterocycles. The quantitative estimate of drug-likeness (QED) is 0.707. The average Bonchev–Trinajstić information content (AvgIpc) is 3.28. The molecule has 5 rings (SSSR count). The molecular weight excluding hydrogens is 350 g/mol. The summed E-state index contributed by atoms with van der Waals surface area (Å²) in [7, 11) is 0. The highest BCUT2D eigenvalue weighted by atomic mass is 16.2. The first-order valence-corrected chi connectivity index (χ1v) is 9.96. The van der Waals surface area contributed by atoms with Crippen molar-refractivity contribution in [1.29, 1.82) is 0 Å². The summed E-state index contributed by atoms with van der Waals surface area (Å²) in [6, 6.07) is 11.7. The van der Waals surface area contributed by atoms with Crippen LogP contribution in [0.1, 0.15) is 46.9 Å². The third kappa shape index (κ3) is 2.78. The molecule has 2 N–H and O–H groups in total. The minimum absolute atomic E-state index is 0.0543. The van der Waals surface area contributed by atoms with Crippen molar-refractivity contribution in [3.8, 4) is 0 Å². The second-order valence-corrected chi connectivity index (χ2v) is 7.77. The fraction of sp³-hybridized carbons (Fsp3) is 0.304. The standard InChI is InChI=1S/C23H23N3O2/c1-14(27)26-11-10-15-12-17(7-9-22(15)26)24-23(28)16-6-8-21-19(13-16)18-4-2-3-5-20(18)25-21/h6-9,12-13,25H,2-5,10-11H2,1H3,(H,24,28). The Labute approximate surface area is 163 Å². The molecule has 5 heteroatoms. The minimum Gasteiger partial charge on any atom is -0.358 e. The van der Waals surface area contributed by atoms with Crippen molar-refractivity contribution in [2.75, 3.05) is 16.8 Å². The first kappa shape index (κ1) is 17.0. The number of benzene rings is 2. The Kier molecular flexibility index (Phi) is 3.97. The largest absolute Gasteiger partial charge is 0.358 e. The van der Waals surface area contributed by atoms with E-state index in [9.17, 15) is 9.59 Å². The zero-order chi connectivity index (χ0) is 19.3. The van der Waals surface area contributed by atoms with Gasteiger partial charge in [-0.05, 0) is 79.6 Å². The number of hydrogen-bond acceptors (Lipinski definition) is 2. The lowest BCUT2D eigenvalue weighted by molar-refractivity contribution is -0.116. The van der Waals surface area contributed by atoms with Crippen LogP contribution in [0.5, 0.6) is 0 Å². The number of carbonyl (C=O) groups is 2. The molecule has 0 fully saturated rings. The van der Waals surface area contributed by atoms with Gasteiger partial charge in [0.15, 0.2) is 0 Å². The summed E-state index contributed by atoms with van der Waals surface area (Å²) in [4.78, 5) is 29.8. The second kappa shape index (κ2) is 6.51. The van der Waals surface area contributed by atoms with E-state index in [-0.39, 0.29) is 11.8 Å². The first-order valence-electron chi connectivity index (χ1n) is 9.96. The van der Waals surface area contributed by atoms with E-state index in [0.717, 1.165) is 41.7 Å². The van der Waals surface area contributed by atoms with Crippen LogP contribution in [0.15, 0.2) is 36.4 Å². The number of hydrogen-bond donors (Lipinski definition) is 2. The molecule has 1 aliphatic heterocycles. The van der Waals surface area contributed by atoms with Crippen LogP contribution in [0.3, 0.4) is 0 Å². The molecule has 1 aromatic heterocycles.